The Labute approximate surface area is 127 Å². The number of hydrogen-bond donors (Lipinski definition) is 2. The molecule has 116 valence electrons. The van der Waals surface area contributed by atoms with Gasteiger partial charge in [0.25, 0.3) is 0 Å². The molecule has 21 heavy (non-hydrogen) atoms. The number of carbonyl (C=O) groups excluding carboxylic acids is 1. The SMILES string of the molecule is CN(CC1CCC1)C(=O)NCC(CCO)c1ccccc1. The number of nitrogens with one attached hydrogen (secondary N) is 1. The van der Waals surface area contributed by atoms with E-state index in [9.17, 15) is 9.90 Å². The molecule has 2 N–H and O–H groups in total. The van der Waals surface area contributed by atoms with Gasteiger partial charge in [0.2, 0.25) is 0 Å². The summed E-state index contributed by atoms with van der Waals surface area (Å²) in [5, 5.41) is 12.2. The lowest BCUT2D eigenvalue weighted by Crippen LogP contribution is -2.42. The minimum atomic E-state index is -0.0132. The standard InChI is InChI=1S/C17H26N2O2/c1-19(13-14-6-5-7-14)17(21)18-12-16(10-11-20)15-8-3-2-4-9-15/h2-4,8-9,14,16,20H,5-7,10-13H2,1H3,(H,18,21). The van der Waals surface area contributed by atoms with Crippen molar-refractivity contribution in [3.8, 4) is 0 Å². The molecule has 1 aliphatic rings. The molecular weight excluding hydrogens is 264 g/mol. The minimum absolute atomic E-state index is 0.0132. The van der Waals surface area contributed by atoms with Crippen molar-refractivity contribution in [3.63, 3.8) is 0 Å². The third-order valence-electron chi connectivity index (χ3n) is 4.35. The molecule has 1 atom stereocenters. The van der Waals surface area contributed by atoms with E-state index in [-0.39, 0.29) is 18.6 Å². The van der Waals surface area contributed by atoms with E-state index in [0.717, 1.165) is 12.1 Å². The highest BCUT2D eigenvalue weighted by Crippen LogP contribution is 2.26. The zero-order chi connectivity index (χ0) is 15.1. The van der Waals surface area contributed by atoms with Crippen LogP contribution in [-0.4, -0.2) is 42.8 Å². The van der Waals surface area contributed by atoms with E-state index in [0.29, 0.717) is 18.9 Å². The average molecular weight is 290 g/mol. The van der Waals surface area contributed by atoms with Gasteiger partial charge in [-0.2, -0.15) is 0 Å². The Bertz CT molecular complexity index is 432. The monoisotopic (exact) mass is 290 g/mol. The van der Waals surface area contributed by atoms with Crippen LogP contribution in [-0.2, 0) is 0 Å². The van der Waals surface area contributed by atoms with Crippen molar-refractivity contribution in [3.05, 3.63) is 35.9 Å². The van der Waals surface area contributed by atoms with Crippen LogP contribution in [0.25, 0.3) is 0 Å². The number of hydrogen-bond acceptors (Lipinski definition) is 2. The summed E-state index contributed by atoms with van der Waals surface area (Å²) in [6.45, 7) is 1.55. The zero-order valence-corrected chi connectivity index (χ0v) is 12.8. The molecular formula is C17H26N2O2. The highest BCUT2D eigenvalue weighted by Gasteiger charge is 2.21. The van der Waals surface area contributed by atoms with Crippen molar-refractivity contribution in [1.82, 2.24) is 10.2 Å². The fraction of sp³-hybridized carbons (Fsp3) is 0.588. The van der Waals surface area contributed by atoms with Crippen molar-refractivity contribution in [2.75, 3.05) is 26.7 Å². The Morgan fingerprint density at radius 3 is 2.67 bits per heavy atom. The first-order valence-electron chi connectivity index (χ1n) is 7.85. The normalized spacial score (nSPS) is 16.1. The van der Waals surface area contributed by atoms with Crippen molar-refractivity contribution in [2.45, 2.75) is 31.6 Å². The van der Waals surface area contributed by atoms with Crippen LogP contribution in [0.15, 0.2) is 30.3 Å². The van der Waals surface area contributed by atoms with Gasteiger partial charge in [0.05, 0.1) is 0 Å². The number of aliphatic hydroxyl groups excluding tert-OH is 1. The molecule has 0 spiro atoms. The molecule has 1 aromatic rings. The van der Waals surface area contributed by atoms with E-state index in [4.69, 9.17) is 0 Å². The fourth-order valence-electron chi connectivity index (χ4n) is 2.76. The Morgan fingerprint density at radius 1 is 1.38 bits per heavy atom. The van der Waals surface area contributed by atoms with Gasteiger partial charge in [-0.3, -0.25) is 0 Å². The van der Waals surface area contributed by atoms with Crippen molar-refractivity contribution in [1.29, 1.82) is 0 Å². The molecule has 0 saturated heterocycles. The molecule has 1 saturated carbocycles. The molecule has 1 fully saturated rings. The van der Waals surface area contributed by atoms with Crippen LogP contribution in [0.1, 0.15) is 37.2 Å². The lowest BCUT2D eigenvalue weighted by Gasteiger charge is -2.30. The number of urea groups is 1. The summed E-state index contributed by atoms with van der Waals surface area (Å²) in [6.07, 6.45) is 4.45. The van der Waals surface area contributed by atoms with E-state index < -0.39 is 0 Å². The third kappa shape index (κ3) is 4.74. The van der Waals surface area contributed by atoms with Crippen LogP contribution in [0, 0.1) is 5.92 Å². The summed E-state index contributed by atoms with van der Waals surface area (Å²) in [5.74, 6) is 0.848. The van der Waals surface area contributed by atoms with Crippen LogP contribution in [0.2, 0.25) is 0 Å². The first kappa shape index (κ1) is 15.8. The number of benzene rings is 1. The third-order valence-corrected chi connectivity index (χ3v) is 4.35. The number of aliphatic hydroxyl groups is 1. The van der Waals surface area contributed by atoms with Gasteiger partial charge in [0.15, 0.2) is 0 Å². The first-order chi connectivity index (χ1) is 10.2. The number of rotatable bonds is 7. The van der Waals surface area contributed by atoms with Crippen LogP contribution in [0.5, 0.6) is 0 Å². The molecule has 2 rings (SSSR count). The predicted molar refractivity (Wildman–Crippen MR) is 84.3 cm³/mol. The maximum Gasteiger partial charge on any atom is 0.317 e. The fourth-order valence-corrected chi connectivity index (χ4v) is 2.76. The largest absolute Gasteiger partial charge is 0.396 e. The van der Waals surface area contributed by atoms with Crippen molar-refractivity contribution < 1.29 is 9.90 Å². The molecule has 1 aromatic carbocycles. The topological polar surface area (TPSA) is 52.6 Å². The minimum Gasteiger partial charge on any atom is -0.396 e. The highest BCUT2D eigenvalue weighted by atomic mass is 16.3. The molecule has 4 heteroatoms. The molecule has 0 aromatic heterocycles. The Kier molecular flexibility index (Phi) is 6.05. The Morgan fingerprint density at radius 2 is 2.10 bits per heavy atom. The van der Waals surface area contributed by atoms with Gasteiger partial charge in [-0.25, -0.2) is 4.79 Å². The van der Waals surface area contributed by atoms with E-state index in [1.165, 1.54) is 19.3 Å². The van der Waals surface area contributed by atoms with E-state index in [1.54, 1.807) is 4.90 Å². The van der Waals surface area contributed by atoms with Crippen molar-refractivity contribution >= 4 is 6.03 Å². The maximum atomic E-state index is 12.1. The predicted octanol–water partition coefficient (Wildman–Crippen LogP) is 2.59. The molecule has 0 radical (unpaired) electrons. The lowest BCUT2D eigenvalue weighted by molar-refractivity contribution is 0.181. The molecule has 1 unspecified atom stereocenters. The van der Waals surface area contributed by atoms with Crippen molar-refractivity contribution in [2.24, 2.45) is 5.92 Å². The second-order valence-corrected chi connectivity index (χ2v) is 5.98. The summed E-state index contributed by atoms with van der Waals surface area (Å²) in [4.78, 5) is 13.9. The smallest absolute Gasteiger partial charge is 0.317 e. The number of nitrogens with zero attached hydrogens (tertiary/aromatic N) is 1. The summed E-state index contributed by atoms with van der Waals surface area (Å²) < 4.78 is 0. The quantitative estimate of drug-likeness (QED) is 0.811. The van der Waals surface area contributed by atoms with Crippen LogP contribution in [0.3, 0.4) is 0 Å². The first-order valence-corrected chi connectivity index (χ1v) is 7.85. The van der Waals surface area contributed by atoms with E-state index in [2.05, 4.69) is 5.32 Å². The molecule has 0 aliphatic heterocycles. The van der Waals surface area contributed by atoms with Gasteiger partial charge in [-0.05, 0) is 30.7 Å². The molecule has 0 heterocycles. The Hall–Kier alpha value is -1.55. The van der Waals surface area contributed by atoms with Gasteiger partial charge in [0, 0.05) is 32.7 Å². The number of carbonyl (C=O) groups is 1. The summed E-state index contributed by atoms with van der Waals surface area (Å²) in [7, 11) is 1.86. The van der Waals surface area contributed by atoms with Gasteiger partial charge < -0.3 is 15.3 Å². The molecule has 1 aliphatic carbocycles. The summed E-state index contributed by atoms with van der Waals surface area (Å²) >= 11 is 0. The van der Waals surface area contributed by atoms with Crippen LogP contribution < -0.4 is 5.32 Å². The maximum absolute atomic E-state index is 12.1. The Balaban J connectivity index is 1.81. The molecule has 2 amide bonds. The summed E-state index contributed by atoms with van der Waals surface area (Å²) in [5.41, 5.74) is 1.16. The zero-order valence-electron chi connectivity index (χ0n) is 12.8. The average Bonchev–Trinajstić information content (AvgIpc) is 2.47. The van der Waals surface area contributed by atoms with Gasteiger partial charge in [-0.15, -0.1) is 0 Å². The van der Waals surface area contributed by atoms with Crippen LogP contribution >= 0.6 is 0 Å². The lowest BCUT2D eigenvalue weighted by atomic mass is 9.85. The highest BCUT2D eigenvalue weighted by molar-refractivity contribution is 5.73. The van der Waals surface area contributed by atoms with E-state index in [1.807, 2.05) is 37.4 Å². The molecule has 0 bridgehead atoms. The van der Waals surface area contributed by atoms with E-state index >= 15 is 0 Å². The second kappa shape index (κ2) is 8.03. The van der Waals surface area contributed by atoms with Gasteiger partial charge in [0.1, 0.15) is 0 Å². The number of amides is 2. The van der Waals surface area contributed by atoms with Gasteiger partial charge >= 0.3 is 6.03 Å². The van der Waals surface area contributed by atoms with Crippen LogP contribution in [0.4, 0.5) is 4.79 Å². The van der Waals surface area contributed by atoms with Gasteiger partial charge in [-0.1, -0.05) is 36.8 Å². The second-order valence-electron chi connectivity index (χ2n) is 5.98. The summed E-state index contributed by atoms with van der Waals surface area (Å²) in [6, 6.07) is 10.0. The molecule has 4 nitrogen and oxygen atoms in total.